The van der Waals surface area contributed by atoms with Crippen LogP contribution in [0.4, 0.5) is 0 Å². The van der Waals surface area contributed by atoms with Gasteiger partial charge in [-0.2, -0.15) is 0 Å². The Balaban J connectivity index is 1.43. The summed E-state index contributed by atoms with van der Waals surface area (Å²) in [5.74, 6) is 1.01. The number of nitrogens with zero attached hydrogens (tertiary/aromatic N) is 2. The van der Waals surface area contributed by atoms with Gasteiger partial charge in [-0.05, 0) is 30.7 Å². The first kappa shape index (κ1) is 19.4. The fourth-order valence-electron chi connectivity index (χ4n) is 3.74. The summed E-state index contributed by atoms with van der Waals surface area (Å²) in [7, 11) is 0. The number of fused-ring (bicyclic) bond motifs is 1. The lowest BCUT2D eigenvalue weighted by Crippen LogP contribution is -2.49. The zero-order chi connectivity index (χ0) is 19.7. The van der Waals surface area contributed by atoms with Crippen LogP contribution in [0.2, 0.25) is 10.0 Å². The van der Waals surface area contributed by atoms with E-state index in [2.05, 4.69) is 17.9 Å². The van der Waals surface area contributed by atoms with Crippen LogP contribution in [0.3, 0.4) is 0 Å². The number of ether oxygens (including phenoxy) is 2. The van der Waals surface area contributed by atoms with E-state index in [0.717, 1.165) is 23.7 Å². The van der Waals surface area contributed by atoms with E-state index in [4.69, 9.17) is 32.7 Å². The number of rotatable bonds is 3. The molecule has 1 saturated heterocycles. The minimum atomic E-state index is -0.0380. The number of piperazine rings is 1. The molecule has 1 fully saturated rings. The Hall–Kier alpha value is -1.95. The van der Waals surface area contributed by atoms with Crippen LogP contribution in [0.15, 0.2) is 36.4 Å². The highest BCUT2D eigenvalue weighted by Crippen LogP contribution is 2.38. The lowest BCUT2D eigenvalue weighted by molar-refractivity contribution is 0.0581. The topological polar surface area (TPSA) is 42.0 Å². The van der Waals surface area contributed by atoms with E-state index < -0.39 is 0 Å². The summed E-state index contributed by atoms with van der Waals surface area (Å²) in [5.41, 5.74) is 1.64. The minimum Gasteiger partial charge on any atom is -0.486 e. The average molecular weight is 421 g/mol. The van der Waals surface area contributed by atoms with Gasteiger partial charge in [-0.15, -0.1) is 0 Å². The molecule has 0 saturated carbocycles. The summed E-state index contributed by atoms with van der Waals surface area (Å²) in [6, 6.07) is 11.5. The summed E-state index contributed by atoms with van der Waals surface area (Å²) in [6.07, 6.45) is 0. The van der Waals surface area contributed by atoms with Gasteiger partial charge in [-0.25, -0.2) is 0 Å². The largest absolute Gasteiger partial charge is 0.486 e. The normalized spacial score (nSPS) is 18.0. The van der Waals surface area contributed by atoms with Crippen molar-refractivity contribution in [2.24, 2.45) is 0 Å². The first-order chi connectivity index (χ1) is 13.5. The molecule has 0 spiro atoms. The first-order valence-electron chi connectivity index (χ1n) is 9.41. The molecular weight excluding hydrogens is 399 g/mol. The molecule has 28 heavy (non-hydrogen) atoms. The van der Waals surface area contributed by atoms with Crippen LogP contribution in [0.1, 0.15) is 28.9 Å². The number of hydrogen-bond donors (Lipinski definition) is 0. The molecule has 0 N–H and O–H groups in total. The van der Waals surface area contributed by atoms with Gasteiger partial charge >= 0.3 is 0 Å². The summed E-state index contributed by atoms with van der Waals surface area (Å²) in [5, 5.41) is 1.19. The number of amides is 1. The molecule has 1 amide bonds. The Morgan fingerprint density at radius 3 is 2.46 bits per heavy atom. The number of carbonyl (C=O) groups excluding carboxylic acids is 1. The molecule has 1 unspecified atom stereocenters. The summed E-state index contributed by atoms with van der Waals surface area (Å²) in [4.78, 5) is 17.2. The third-order valence-electron chi connectivity index (χ3n) is 5.35. The zero-order valence-corrected chi connectivity index (χ0v) is 17.2. The van der Waals surface area contributed by atoms with Crippen LogP contribution in [0, 0.1) is 0 Å². The second-order valence-corrected chi connectivity index (χ2v) is 7.82. The molecule has 5 nitrogen and oxygen atoms in total. The molecule has 2 aromatic carbocycles. The van der Waals surface area contributed by atoms with Crippen molar-refractivity contribution < 1.29 is 14.3 Å². The van der Waals surface area contributed by atoms with Crippen LogP contribution in [0.25, 0.3) is 0 Å². The molecule has 0 bridgehead atoms. The minimum absolute atomic E-state index is 0.0380. The van der Waals surface area contributed by atoms with Gasteiger partial charge in [0.25, 0.3) is 5.91 Å². The maximum Gasteiger partial charge on any atom is 0.254 e. The maximum atomic E-state index is 13.0. The van der Waals surface area contributed by atoms with Crippen molar-refractivity contribution >= 4 is 29.1 Å². The Kier molecular flexibility index (Phi) is 5.67. The van der Waals surface area contributed by atoms with Crippen LogP contribution < -0.4 is 9.47 Å². The molecule has 1 atom stereocenters. The Bertz CT molecular complexity index is 882. The molecule has 148 valence electrons. The van der Waals surface area contributed by atoms with Crippen LogP contribution >= 0.6 is 23.2 Å². The van der Waals surface area contributed by atoms with Gasteiger partial charge < -0.3 is 14.4 Å². The third-order valence-corrected chi connectivity index (χ3v) is 5.97. The van der Waals surface area contributed by atoms with Gasteiger partial charge in [0.1, 0.15) is 13.2 Å². The van der Waals surface area contributed by atoms with E-state index in [1.165, 1.54) is 0 Å². The monoisotopic (exact) mass is 420 g/mol. The SMILES string of the molecule is CC(c1ccccc1Cl)N1CCN(C(=O)c2cc(Cl)c3c(c2)OCCO3)CC1. The highest BCUT2D eigenvalue weighted by molar-refractivity contribution is 6.32. The van der Waals surface area contributed by atoms with Crippen molar-refractivity contribution in [3.63, 3.8) is 0 Å². The standard InChI is InChI=1S/C21H22Cl2N2O3/c1-14(16-4-2-3-5-17(16)22)24-6-8-25(9-7-24)21(26)15-12-18(23)20-19(13-15)27-10-11-28-20/h2-5,12-14H,6-11H2,1H3. The van der Waals surface area contributed by atoms with Crippen LogP contribution in [0.5, 0.6) is 11.5 Å². The van der Waals surface area contributed by atoms with E-state index in [1.54, 1.807) is 12.1 Å². The molecule has 4 rings (SSSR count). The summed E-state index contributed by atoms with van der Waals surface area (Å²) >= 11 is 12.6. The number of benzene rings is 2. The molecule has 2 aliphatic heterocycles. The maximum absolute atomic E-state index is 13.0. The predicted octanol–water partition coefficient (Wildman–Crippen LogP) is 4.28. The Labute approximate surface area is 174 Å². The van der Waals surface area contributed by atoms with Crippen molar-refractivity contribution in [1.29, 1.82) is 0 Å². The molecular formula is C21H22Cl2N2O3. The highest BCUT2D eigenvalue weighted by Gasteiger charge is 2.27. The van der Waals surface area contributed by atoms with Crippen molar-refractivity contribution in [2.45, 2.75) is 13.0 Å². The van der Waals surface area contributed by atoms with Gasteiger partial charge in [0.2, 0.25) is 0 Å². The van der Waals surface area contributed by atoms with Crippen LogP contribution in [-0.4, -0.2) is 55.1 Å². The molecule has 2 heterocycles. The van der Waals surface area contributed by atoms with E-state index in [9.17, 15) is 4.79 Å². The second kappa shape index (κ2) is 8.19. The number of hydrogen-bond acceptors (Lipinski definition) is 4. The predicted molar refractivity (Wildman–Crippen MR) is 110 cm³/mol. The van der Waals surface area contributed by atoms with Gasteiger partial charge in [0.05, 0.1) is 5.02 Å². The van der Waals surface area contributed by atoms with Gasteiger partial charge in [0.15, 0.2) is 11.5 Å². The van der Waals surface area contributed by atoms with Crippen molar-refractivity contribution in [3.05, 3.63) is 57.6 Å². The molecule has 0 aromatic heterocycles. The van der Waals surface area contributed by atoms with Crippen molar-refractivity contribution in [1.82, 2.24) is 9.80 Å². The average Bonchev–Trinajstić information content (AvgIpc) is 2.73. The summed E-state index contributed by atoms with van der Waals surface area (Å²) < 4.78 is 11.1. The van der Waals surface area contributed by atoms with Gasteiger partial charge in [-0.3, -0.25) is 9.69 Å². The molecule has 2 aromatic rings. The van der Waals surface area contributed by atoms with Gasteiger partial charge in [0, 0.05) is 42.8 Å². The Morgan fingerprint density at radius 2 is 1.71 bits per heavy atom. The third kappa shape index (κ3) is 3.79. The van der Waals surface area contributed by atoms with Crippen molar-refractivity contribution in [2.75, 3.05) is 39.4 Å². The molecule has 2 aliphatic rings. The lowest BCUT2D eigenvalue weighted by Gasteiger charge is -2.38. The van der Waals surface area contributed by atoms with E-state index in [1.807, 2.05) is 23.1 Å². The van der Waals surface area contributed by atoms with E-state index >= 15 is 0 Å². The van der Waals surface area contributed by atoms with E-state index in [0.29, 0.717) is 48.4 Å². The van der Waals surface area contributed by atoms with Crippen LogP contribution in [-0.2, 0) is 0 Å². The summed E-state index contributed by atoms with van der Waals surface area (Å²) in [6.45, 7) is 5.96. The zero-order valence-electron chi connectivity index (χ0n) is 15.7. The fourth-order valence-corrected chi connectivity index (χ4v) is 4.30. The highest BCUT2D eigenvalue weighted by atomic mass is 35.5. The molecule has 7 heteroatoms. The molecule has 0 radical (unpaired) electrons. The lowest BCUT2D eigenvalue weighted by atomic mass is 10.1. The molecule has 0 aliphatic carbocycles. The number of carbonyl (C=O) groups is 1. The second-order valence-electron chi connectivity index (χ2n) is 7.01. The Morgan fingerprint density at radius 1 is 1.00 bits per heavy atom. The fraction of sp³-hybridized carbons (Fsp3) is 0.381. The first-order valence-corrected chi connectivity index (χ1v) is 10.2. The van der Waals surface area contributed by atoms with E-state index in [-0.39, 0.29) is 11.9 Å². The quantitative estimate of drug-likeness (QED) is 0.742. The van der Waals surface area contributed by atoms with Crippen molar-refractivity contribution in [3.8, 4) is 11.5 Å². The number of halogens is 2. The smallest absolute Gasteiger partial charge is 0.254 e. The van der Waals surface area contributed by atoms with Gasteiger partial charge in [-0.1, -0.05) is 41.4 Å².